The van der Waals surface area contributed by atoms with Gasteiger partial charge >= 0.3 is 12.1 Å². The minimum Gasteiger partial charge on any atom is -0.465 e. The Balaban J connectivity index is 1.55. The number of rotatable bonds is 3. The monoisotopic (exact) mass is 415 g/mol. The van der Waals surface area contributed by atoms with Crippen molar-refractivity contribution in [1.29, 1.82) is 0 Å². The van der Waals surface area contributed by atoms with Crippen molar-refractivity contribution >= 4 is 34.3 Å². The molecule has 8 nitrogen and oxygen atoms in total. The molecular formula is C20H21N3O5S. The molecule has 29 heavy (non-hydrogen) atoms. The largest absolute Gasteiger partial charge is 0.465 e. The van der Waals surface area contributed by atoms with Crippen LogP contribution in [-0.2, 0) is 22.4 Å². The van der Waals surface area contributed by atoms with E-state index in [9.17, 15) is 14.4 Å². The molecule has 0 bridgehead atoms. The molecule has 0 unspecified atom stereocenters. The first-order chi connectivity index (χ1) is 14.0. The van der Waals surface area contributed by atoms with Gasteiger partial charge in [0, 0.05) is 11.4 Å². The summed E-state index contributed by atoms with van der Waals surface area (Å²) in [6.45, 7) is 3.09. The zero-order valence-corrected chi connectivity index (χ0v) is 16.9. The fraction of sp³-hybridized carbons (Fsp3) is 0.350. The fourth-order valence-electron chi connectivity index (χ4n) is 3.58. The molecule has 2 aromatic rings. The van der Waals surface area contributed by atoms with Crippen LogP contribution in [0.4, 0.5) is 9.80 Å². The number of hydrogen-bond donors (Lipinski definition) is 2. The number of nitrogens with one attached hydrogen (secondary N) is 2. The van der Waals surface area contributed by atoms with Crippen molar-refractivity contribution < 1.29 is 23.9 Å². The van der Waals surface area contributed by atoms with Gasteiger partial charge in [0.05, 0.1) is 31.4 Å². The molecule has 3 heterocycles. The summed E-state index contributed by atoms with van der Waals surface area (Å²) in [4.78, 5) is 39.1. The van der Waals surface area contributed by atoms with Crippen molar-refractivity contribution in [2.75, 3.05) is 25.6 Å². The molecule has 0 saturated heterocycles. The van der Waals surface area contributed by atoms with Crippen LogP contribution in [0.15, 0.2) is 24.3 Å². The lowest BCUT2D eigenvalue weighted by Crippen LogP contribution is -2.39. The molecular weight excluding hydrogens is 394 g/mol. The SMILES string of the molecule is CCOC(=O)N1CCc2c(sc3c2C(=O)N[C@@H](c2ccc(C(=O)OC)cc2)N3)C1. The van der Waals surface area contributed by atoms with Gasteiger partial charge in [-0.05, 0) is 36.6 Å². The van der Waals surface area contributed by atoms with E-state index in [1.54, 1.807) is 36.1 Å². The van der Waals surface area contributed by atoms with Crippen LogP contribution in [0.5, 0.6) is 0 Å². The number of thiophene rings is 1. The minimum absolute atomic E-state index is 0.136. The lowest BCUT2D eigenvalue weighted by Gasteiger charge is -2.28. The first kappa shape index (κ1) is 19.3. The maximum Gasteiger partial charge on any atom is 0.410 e. The van der Waals surface area contributed by atoms with Crippen molar-refractivity contribution in [2.45, 2.75) is 26.1 Å². The van der Waals surface area contributed by atoms with Crippen LogP contribution in [-0.4, -0.2) is 43.1 Å². The Morgan fingerprint density at radius 1 is 1.24 bits per heavy atom. The van der Waals surface area contributed by atoms with Gasteiger partial charge < -0.3 is 25.0 Å². The van der Waals surface area contributed by atoms with Gasteiger partial charge in [0.15, 0.2) is 0 Å². The van der Waals surface area contributed by atoms with Crippen LogP contribution in [0.25, 0.3) is 0 Å². The number of benzene rings is 1. The first-order valence-electron chi connectivity index (χ1n) is 9.33. The second-order valence-corrected chi connectivity index (χ2v) is 7.85. The molecule has 2 aliphatic rings. The zero-order chi connectivity index (χ0) is 20.5. The highest BCUT2D eigenvalue weighted by atomic mass is 32.1. The Hall–Kier alpha value is -3.07. The molecule has 152 valence electrons. The average Bonchev–Trinajstić information content (AvgIpc) is 3.11. The third-order valence-electron chi connectivity index (χ3n) is 5.03. The van der Waals surface area contributed by atoms with E-state index in [2.05, 4.69) is 10.6 Å². The molecule has 0 saturated carbocycles. The van der Waals surface area contributed by atoms with Gasteiger partial charge in [0.25, 0.3) is 5.91 Å². The number of methoxy groups -OCH3 is 1. The first-order valence-corrected chi connectivity index (χ1v) is 10.1. The number of amides is 2. The highest BCUT2D eigenvalue weighted by Crippen LogP contribution is 2.40. The Bertz CT molecular complexity index is 969. The van der Waals surface area contributed by atoms with Crippen LogP contribution in [0.3, 0.4) is 0 Å². The summed E-state index contributed by atoms with van der Waals surface area (Å²) in [7, 11) is 1.34. The quantitative estimate of drug-likeness (QED) is 0.749. The average molecular weight is 415 g/mol. The zero-order valence-electron chi connectivity index (χ0n) is 16.1. The molecule has 1 atom stereocenters. The van der Waals surface area contributed by atoms with Gasteiger partial charge in [0.2, 0.25) is 0 Å². The van der Waals surface area contributed by atoms with E-state index in [-0.39, 0.29) is 12.0 Å². The second kappa shape index (κ2) is 7.75. The molecule has 2 aliphatic heterocycles. The Morgan fingerprint density at radius 2 is 2.00 bits per heavy atom. The number of esters is 1. The third-order valence-corrected chi connectivity index (χ3v) is 6.17. The van der Waals surface area contributed by atoms with E-state index in [4.69, 9.17) is 9.47 Å². The third kappa shape index (κ3) is 3.53. The molecule has 0 fully saturated rings. The number of hydrogen-bond acceptors (Lipinski definition) is 7. The maximum atomic E-state index is 12.8. The van der Waals surface area contributed by atoms with Crippen molar-refractivity contribution in [3.8, 4) is 0 Å². The second-order valence-electron chi connectivity index (χ2n) is 6.74. The molecule has 4 rings (SSSR count). The lowest BCUT2D eigenvalue weighted by molar-refractivity contribution is 0.0600. The van der Waals surface area contributed by atoms with Gasteiger partial charge in [-0.1, -0.05) is 12.1 Å². The predicted molar refractivity (Wildman–Crippen MR) is 107 cm³/mol. The summed E-state index contributed by atoms with van der Waals surface area (Å²) in [5.74, 6) is -0.542. The number of carbonyl (C=O) groups is 3. The number of anilines is 1. The highest BCUT2D eigenvalue weighted by molar-refractivity contribution is 7.16. The summed E-state index contributed by atoms with van der Waals surface area (Å²) < 4.78 is 9.81. The molecule has 2 amide bonds. The van der Waals surface area contributed by atoms with Crippen LogP contribution in [0, 0.1) is 0 Å². The fourth-order valence-corrected chi connectivity index (χ4v) is 4.87. The van der Waals surface area contributed by atoms with Crippen LogP contribution in [0.1, 0.15) is 49.8 Å². The van der Waals surface area contributed by atoms with Crippen LogP contribution >= 0.6 is 11.3 Å². The van der Waals surface area contributed by atoms with Crippen molar-refractivity contribution in [3.63, 3.8) is 0 Å². The lowest BCUT2D eigenvalue weighted by atomic mass is 10.0. The van der Waals surface area contributed by atoms with Crippen molar-refractivity contribution in [3.05, 3.63) is 51.4 Å². The van der Waals surface area contributed by atoms with Gasteiger partial charge in [-0.15, -0.1) is 11.3 Å². The number of nitrogens with zero attached hydrogens (tertiary/aromatic N) is 1. The molecule has 2 N–H and O–H groups in total. The van der Waals surface area contributed by atoms with Gasteiger partial charge in [-0.2, -0.15) is 0 Å². The van der Waals surface area contributed by atoms with Crippen LogP contribution < -0.4 is 10.6 Å². The van der Waals surface area contributed by atoms with Crippen LogP contribution in [0.2, 0.25) is 0 Å². The summed E-state index contributed by atoms with van der Waals surface area (Å²) in [5.41, 5.74) is 2.94. The predicted octanol–water partition coefficient (Wildman–Crippen LogP) is 2.90. The van der Waals surface area contributed by atoms with E-state index in [1.807, 2.05) is 0 Å². The Labute approximate surface area is 171 Å². The van der Waals surface area contributed by atoms with E-state index in [1.165, 1.54) is 18.4 Å². The van der Waals surface area contributed by atoms with E-state index < -0.39 is 12.1 Å². The Morgan fingerprint density at radius 3 is 2.69 bits per heavy atom. The maximum absolute atomic E-state index is 12.8. The van der Waals surface area contributed by atoms with E-state index in [0.29, 0.717) is 37.2 Å². The molecule has 0 aliphatic carbocycles. The normalized spacial score (nSPS) is 17.5. The van der Waals surface area contributed by atoms with Gasteiger partial charge in [0.1, 0.15) is 11.2 Å². The highest BCUT2D eigenvalue weighted by Gasteiger charge is 2.34. The Kier molecular flexibility index (Phi) is 5.14. The van der Waals surface area contributed by atoms with Gasteiger partial charge in [-0.25, -0.2) is 9.59 Å². The topological polar surface area (TPSA) is 97.0 Å². The van der Waals surface area contributed by atoms with Crippen molar-refractivity contribution in [2.24, 2.45) is 0 Å². The summed E-state index contributed by atoms with van der Waals surface area (Å²) >= 11 is 1.50. The van der Waals surface area contributed by atoms with E-state index in [0.717, 1.165) is 21.0 Å². The van der Waals surface area contributed by atoms with Crippen molar-refractivity contribution in [1.82, 2.24) is 10.2 Å². The standard InChI is InChI=1S/C20H21N3O5S/c1-3-28-20(26)23-9-8-13-14(10-23)29-18-15(13)17(24)21-16(22-18)11-4-6-12(7-5-11)19(25)27-2/h4-7,16,22H,3,8-10H2,1-2H3,(H,21,24)/t16-/m1/s1. The molecule has 0 radical (unpaired) electrons. The van der Waals surface area contributed by atoms with E-state index >= 15 is 0 Å². The number of fused-ring (bicyclic) bond motifs is 3. The van der Waals surface area contributed by atoms with Gasteiger partial charge in [-0.3, -0.25) is 4.79 Å². The molecule has 9 heteroatoms. The summed E-state index contributed by atoms with van der Waals surface area (Å²) in [6, 6.07) is 6.90. The number of carbonyl (C=O) groups excluding carboxylic acids is 3. The molecule has 0 spiro atoms. The molecule has 1 aromatic heterocycles. The minimum atomic E-state index is -0.406. The number of ether oxygens (including phenoxy) is 2. The summed E-state index contributed by atoms with van der Waals surface area (Å²) in [6.07, 6.45) is -0.110. The summed E-state index contributed by atoms with van der Waals surface area (Å²) in [5, 5.41) is 7.14. The smallest absolute Gasteiger partial charge is 0.410 e. The molecule has 1 aromatic carbocycles.